The van der Waals surface area contributed by atoms with Crippen LogP contribution in [0, 0.1) is 0 Å². The van der Waals surface area contributed by atoms with Gasteiger partial charge in [-0.1, -0.05) is 150 Å². The molecule has 11 rings (SSSR count). The van der Waals surface area contributed by atoms with Crippen LogP contribution < -0.4 is 16.4 Å². The summed E-state index contributed by atoms with van der Waals surface area (Å²) >= 11 is 3.75. The number of fused-ring (bicyclic) bond motifs is 10. The van der Waals surface area contributed by atoms with Crippen molar-refractivity contribution >= 4 is 107 Å². The van der Waals surface area contributed by atoms with Gasteiger partial charge >= 0.3 is 0 Å². The van der Waals surface area contributed by atoms with E-state index >= 15 is 0 Å². The monoisotopic (exact) mass is 725 g/mol. The van der Waals surface area contributed by atoms with Crippen molar-refractivity contribution in [1.82, 2.24) is 9.13 Å². The summed E-state index contributed by atoms with van der Waals surface area (Å²) in [5.41, 5.74) is 10.7. The molecule has 0 amide bonds. The summed E-state index contributed by atoms with van der Waals surface area (Å²) in [5, 5.41) is 4.83. The molecule has 6 heteroatoms. The minimum atomic E-state index is 0.217. The van der Waals surface area contributed by atoms with Crippen LogP contribution in [0.2, 0.25) is 0 Å². The predicted octanol–water partition coefficient (Wildman–Crippen LogP) is 10.8. The fraction of sp³-hybridized carbons (Fsp3) is 0.0208. The Kier molecular flexibility index (Phi) is 7.19. The van der Waals surface area contributed by atoms with Gasteiger partial charge in [0.05, 0.1) is 22.1 Å². The molecule has 0 radical (unpaired) electrons. The van der Waals surface area contributed by atoms with Crippen LogP contribution in [0.1, 0.15) is 12.5 Å². The first kappa shape index (κ1) is 31.6. The maximum atomic E-state index is 5.57. The second-order valence-corrected chi connectivity index (χ2v) is 16.2. The summed E-state index contributed by atoms with van der Waals surface area (Å²) in [6.45, 7) is 7.11. The molecule has 0 bridgehead atoms. The van der Waals surface area contributed by atoms with Crippen molar-refractivity contribution in [3.8, 4) is 0 Å². The van der Waals surface area contributed by atoms with E-state index in [0.29, 0.717) is 0 Å². The molecule has 2 aliphatic rings. The summed E-state index contributed by atoms with van der Waals surface area (Å²) in [6.07, 6.45) is 2.19. The first-order valence-electron chi connectivity index (χ1n) is 18.3. The van der Waals surface area contributed by atoms with Crippen LogP contribution in [0.5, 0.6) is 0 Å². The van der Waals surface area contributed by atoms with Gasteiger partial charge in [-0.3, -0.25) is 9.13 Å². The number of aliphatic imine (C=N–C) groups is 1. The van der Waals surface area contributed by atoms with Gasteiger partial charge in [-0.15, -0.1) is 0 Å². The van der Waals surface area contributed by atoms with Crippen molar-refractivity contribution < 1.29 is 0 Å². The maximum Gasteiger partial charge on any atom is 0.247 e. The Hall–Kier alpha value is -5.95. The molecule has 2 aromatic heterocycles. The van der Waals surface area contributed by atoms with Crippen LogP contribution in [0.15, 0.2) is 195 Å². The molecular formula is C48H32BN3S2. The lowest BCUT2D eigenvalue weighted by Crippen LogP contribution is -2.58. The van der Waals surface area contributed by atoms with E-state index in [1.54, 1.807) is 0 Å². The first-order chi connectivity index (χ1) is 26.6. The SMILES string of the molecule is C=C(/C=C(\N=C(/C)n1c2ccccc2c2ccccc21)n1c2ccccc2c2ccccc21)c1cc2c3c(c1)Sc1ccccc1B3c1ccccc1S2. The Morgan fingerprint density at radius 2 is 0.944 bits per heavy atom. The number of rotatable bonds is 4. The molecule has 7 aromatic carbocycles. The minimum Gasteiger partial charge on any atom is -0.297 e. The normalized spacial score (nSPS) is 13.8. The number of hydrogen-bond donors (Lipinski definition) is 0. The molecule has 0 spiro atoms. The van der Waals surface area contributed by atoms with Crippen molar-refractivity contribution in [2.45, 2.75) is 26.5 Å². The maximum absolute atomic E-state index is 5.57. The Labute approximate surface area is 322 Å². The molecule has 0 saturated heterocycles. The summed E-state index contributed by atoms with van der Waals surface area (Å²) in [5.74, 6) is 1.70. The van der Waals surface area contributed by atoms with Crippen LogP contribution in [0.3, 0.4) is 0 Å². The first-order valence-corrected chi connectivity index (χ1v) is 19.9. The number of allylic oxidation sites excluding steroid dienone is 2. The summed E-state index contributed by atoms with van der Waals surface area (Å²) in [7, 11) is 0. The van der Waals surface area contributed by atoms with Crippen molar-refractivity contribution in [2.75, 3.05) is 0 Å². The highest BCUT2D eigenvalue weighted by molar-refractivity contribution is 8.01. The second-order valence-electron chi connectivity index (χ2n) is 14.0. The van der Waals surface area contributed by atoms with E-state index in [4.69, 9.17) is 11.6 Å². The Bertz CT molecular complexity index is 2930. The zero-order valence-electron chi connectivity index (χ0n) is 29.5. The van der Waals surface area contributed by atoms with Gasteiger partial charge in [0, 0.05) is 41.1 Å². The molecule has 0 unspecified atom stereocenters. The smallest absolute Gasteiger partial charge is 0.247 e. The topological polar surface area (TPSA) is 22.2 Å². The second kappa shape index (κ2) is 12.3. The third kappa shape index (κ3) is 4.77. The molecule has 0 N–H and O–H groups in total. The van der Waals surface area contributed by atoms with Gasteiger partial charge in [0.15, 0.2) is 0 Å². The number of para-hydroxylation sites is 4. The zero-order chi connectivity index (χ0) is 35.9. The van der Waals surface area contributed by atoms with E-state index in [2.05, 4.69) is 180 Å². The van der Waals surface area contributed by atoms with E-state index < -0.39 is 0 Å². The van der Waals surface area contributed by atoms with Gasteiger partial charge in [0.25, 0.3) is 0 Å². The summed E-state index contributed by atoms with van der Waals surface area (Å²) in [6, 6.07) is 57.0. The number of aromatic nitrogens is 2. The standard InChI is InChI=1S/C48H32BN3S2/c1-30(32-28-45-48-46(29-32)54-44-26-14-8-20-38(44)49(48)37-19-7-13-25-43(37)53-45)27-47(52-41-23-11-5-17-35(41)36-18-6-12-24-42(36)52)50-31(2)51-39-21-9-3-15-33(39)34-16-4-10-22-40(34)51/h3-29H,1H2,2H3/b47-27+,50-31+. The summed E-state index contributed by atoms with van der Waals surface area (Å²) < 4.78 is 4.60. The zero-order valence-corrected chi connectivity index (χ0v) is 31.2. The molecule has 0 atom stereocenters. The van der Waals surface area contributed by atoms with Gasteiger partial charge in [-0.2, -0.15) is 0 Å². The fourth-order valence-corrected chi connectivity index (χ4v) is 11.1. The minimum absolute atomic E-state index is 0.217. The highest BCUT2D eigenvalue weighted by atomic mass is 32.2. The van der Waals surface area contributed by atoms with Gasteiger partial charge in [-0.05, 0) is 78.1 Å². The van der Waals surface area contributed by atoms with E-state index in [1.807, 2.05) is 23.5 Å². The molecule has 4 heterocycles. The third-order valence-electron chi connectivity index (χ3n) is 11.0. The average Bonchev–Trinajstić information content (AvgIpc) is 3.73. The largest absolute Gasteiger partial charge is 0.297 e. The van der Waals surface area contributed by atoms with E-state index in [-0.39, 0.29) is 6.71 Å². The van der Waals surface area contributed by atoms with Gasteiger partial charge in [0.2, 0.25) is 6.71 Å². The van der Waals surface area contributed by atoms with Crippen LogP contribution in [0.25, 0.3) is 55.0 Å². The number of nitrogens with zero attached hydrogens (tertiary/aromatic N) is 3. The van der Waals surface area contributed by atoms with Gasteiger partial charge in [-0.25, -0.2) is 4.99 Å². The molecule has 9 aromatic rings. The predicted molar refractivity (Wildman–Crippen MR) is 233 cm³/mol. The fourth-order valence-electron chi connectivity index (χ4n) is 8.62. The van der Waals surface area contributed by atoms with E-state index in [9.17, 15) is 0 Å². The molecule has 3 nitrogen and oxygen atoms in total. The van der Waals surface area contributed by atoms with E-state index in [1.165, 1.54) is 57.5 Å². The van der Waals surface area contributed by atoms with Crippen LogP contribution in [0.4, 0.5) is 0 Å². The number of hydrogen-bond acceptors (Lipinski definition) is 3. The average molecular weight is 726 g/mol. The quantitative estimate of drug-likeness (QED) is 0.0780. The highest BCUT2D eigenvalue weighted by Crippen LogP contribution is 2.41. The molecular weight excluding hydrogens is 693 g/mol. The van der Waals surface area contributed by atoms with Crippen LogP contribution in [-0.4, -0.2) is 21.7 Å². The van der Waals surface area contributed by atoms with Gasteiger partial charge < -0.3 is 0 Å². The summed E-state index contributed by atoms with van der Waals surface area (Å²) in [4.78, 5) is 10.8. The van der Waals surface area contributed by atoms with Gasteiger partial charge in [0.1, 0.15) is 11.7 Å². The van der Waals surface area contributed by atoms with Crippen molar-refractivity contribution in [1.29, 1.82) is 0 Å². The molecule has 0 saturated carbocycles. The lowest BCUT2D eigenvalue weighted by Gasteiger charge is -2.33. The van der Waals surface area contributed by atoms with Crippen molar-refractivity contribution in [2.24, 2.45) is 4.99 Å². The van der Waals surface area contributed by atoms with Crippen molar-refractivity contribution in [3.63, 3.8) is 0 Å². The lowest BCUT2D eigenvalue weighted by atomic mass is 9.36. The molecule has 254 valence electrons. The Morgan fingerprint density at radius 3 is 1.43 bits per heavy atom. The highest BCUT2D eigenvalue weighted by Gasteiger charge is 2.38. The molecule has 0 aliphatic carbocycles. The molecule has 54 heavy (non-hydrogen) atoms. The van der Waals surface area contributed by atoms with Crippen LogP contribution >= 0.6 is 23.5 Å². The van der Waals surface area contributed by atoms with Crippen LogP contribution in [-0.2, 0) is 0 Å². The lowest BCUT2D eigenvalue weighted by molar-refractivity contribution is 1.14. The Balaban J connectivity index is 1.13. The van der Waals surface area contributed by atoms with Crippen molar-refractivity contribution in [3.05, 3.63) is 176 Å². The molecule has 2 aliphatic heterocycles. The Morgan fingerprint density at radius 1 is 0.537 bits per heavy atom. The van der Waals surface area contributed by atoms with E-state index in [0.717, 1.165) is 44.9 Å². The number of benzene rings is 7. The third-order valence-corrected chi connectivity index (χ3v) is 13.3. The molecule has 0 fully saturated rings.